The normalized spacial score (nSPS) is 23.6. The number of carbonyl (C=O) groups is 2. The van der Waals surface area contributed by atoms with E-state index in [1.165, 1.54) is 18.3 Å². The lowest BCUT2D eigenvalue weighted by Gasteiger charge is -2.12. The van der Waals surface area contributed by atoms with Gasteiger partial charge in [0.25, 0.3) is 0 Å². The Morgan fingerprint density at radius 2 is 2.29 bits per heavy atom. The Kier molecular flexibility index (Phi) is 3.54. The number of hydrogen-bond acceptors (Lipinski definition) is 5. The van der Waals surface area contributed by atoms with Crippen molar-refractivity contribution in [1.82, 2.24) is 10.3 Å². The van der Waals surface area contributed by atoms with Crippen molar-refractivity contribution in [3.63, 3.8) is 0 Å². The van der Waals surface area contributed by atoms with Gasteiger partial charge in [0.15, 0.2) is 10.9 Å². The summed E-state index contributed by atoms with van der Waals surface area (Å²) in [5.74, 6) is 0.214. The highest BCUT2D eigenvalue weighted by molar-refractivity contribution is 7.14. The summed E-state index contributed by atoms with van der Waals surface area (Å²) in [7, 11) is 0. The van der Waals surface area contributed by atoms with Gasteiger partial charge in [0.1, 0.15) is 5.69 Å². The van der Waals surface area contributed by atoms with Crippen LogP contribution in [0.25, 0.3) is 0 Å². The van der Waals surface area contributed by atoms with Gasteiger partial charge in [-0.15, -0.1) is 11.3 Å². The first-order valence-electron chi connectivity index (χ1n) is 5.56. The highest BCUT2D eigenvalue weighted by Gasteiger charge is 2.29. The van der Waals surface area contributed by atoms with Gasteiger partial charge in [-0.05, 0) is 12.5 Å². The third kappa shape index (κ3) is 2.70. The van der Waals surface area contributed by atoms with Crippen LogP contribution < -0.4 is 10.6 Å². The molecule has 6 heteroatoms. The van der Waals surface area contributed by atoms with Crippen LogP contribution in [0.1, 0.15) is 24.3 Å². The molecule has 1 fully saturated rings. The molecule has 1 aromatic heterocycles. The summed E-state index contributed by atoms with van der Waals surface area (Å²) in [6, 6.07) is 0. The second-order valence-corrected chi connectivity index (χ2v) is 5.18. The van der Waals surface area contributed by atoms with Gasteiger partial charge < -0.3 is 10.6 Å². The number of rotatable bonds is 3. The Hall–Kier alpha value is -1.27. The van der Waals surface area contributed by atoms with Crippen LogP contribution in [-0.4, -0.2) is 29.8 Å². The fraction of sp³-hybridized carbons (Fsp3) is 0.545. The number of amides is 1. The Morgan fingerprint density at radius 1 is 1.53 bits per heavy atom. The van der Waals surface area contributed by atoms with Crippen molar-refractivity contribution in [1.29, 1.82) is 0 Å². The standard InChI is InChI=1S/C11H15N3O2S/c1-6-3-12-4-8(6)10(16)14-11-13-9(5-17-11)7(2)15/h5-6,8,12H,3-4H2,1-2H3,(H,13,14,16). The zero-order chi connectivity index (χ0) is 12.4. The molecule has 2 N–H and O–H groups in total. The minimum atomic E-state index is -0.0855. The number of hydrogen-bond donors (Lipinski definition) is 2. The van der Waals surface area contributed by atoms with Gasteiger partial charge in [0.2, 0.25) is 5.91 Å². The number of thiazole rings is 1. The van der Waals surface area contributed by atoms with Crippen LogP contribution in [0.3, 0.4) is 0 Å². The highest BCUT2D eigenvalue weighted by Crippen LogP contribution is 2.20. The summed E-state index contributed by atoms with van der Waals surface area (Å²) >= 11 is 1.28. The highest BCUT2D eigenvalue weighted by atomic mass is 32.1. The zero-order valence-corrected chi connectivity index (χ0v) is 10.6. The molecule has 2 heterocycles. The molecule has 0 aliphatic carbocycles. The predicted octanol–water partition coefficient (Wildman–Crippen LogP) is 1.14. The summed E-state index contributed by atoms with van der Waals surface area (Å²) in [6.45, 7) is 5.09. The van der Waals surface area contributed by atoms with Crippen molar-refractivity contribution in [2.75, 3.05) is 18.4 Å². The van der Waals surface area contributed by atoms with Crippen LogP contribution in [0.2, 0.25) is 0 Å². The molecule has 1 aromatic rings. The summed E-state index contributed by atoms with van der Waals surface area (Å²) in [5.41, 5.74) is 0.405. The fourth-order valence-corrected chi connectivity index (χ4v) is 2.60. The Balaban J connectivity index is 2.00. The first kappa shape index (κ1) is 12.2. The van der Waals surface area contributed by atoms with E-state index in [4.69, 9.17) is 0 Å². The Morgan fingerprint density at radius 3 is 2.82 bits per heavy atom. The molecular weight excluding hydrogens is 238 g/mol. The maximum Gasteiger partial charge on any atom is 0.230 e. The fourth-order valence-electron chi connectivity index (χ4n) is 1.85. The van der Waals surface area contributed by atoms with Crippen molar-refractivity contribution in [3.8, 4) is 0 Å². The first-order chi connectivity index (χ1) is 8.08. The van der Waals surface area contributed by atoms with Crippen molar-refractivity contribution < 1.29 is 9.59 Å². The van der Waals surface area contributed by atoms with Gasteiger partial charge in [-0.25, -0.2) is 4.98 Å². The molecule has 1 aliphatic heterocycles. The van der Waals surface area contributed by atoms with E-state index in [9.17, 15) is 9.59 Å². The van der Waals surface area contributed by atoms with Gasteiger partial charge >= 0.3 is 0 Å². The summed E-state index contributed by atoms with van der Waals surface area (Å²) in [5, 5.41) is 8.11. The summed E-state index contributed by atoms with van der Waals surface area (Å²) in [4.78, 5) is 27.1. The Labute approximate surface area is 104 Å². The molecule has 17 heavy (non-hydrogen) atoms. The molecular formula is C11H15N3O2S. The smallest absolute Gasteiger partial charge is 0.230 e. The molecule has 0 saturated carbocycles. The SMILES string of the molecule is CC(=O)c1csc(NC(=O)C2CNCC2C)n1. The number of carbonyl (C=O) groups excluding carboxylic acids is 2. The number of Topliss-reactive ketones (excluding diaryl/α,β-unsaturated/α-hetero) is 1. The van der Waals surface area contributed by atoms with Gasteiger partial charge in [0.05, 0.1) is 5.92 Å². The van der Waals surface area contributed by atoms with E-state index < -0.39 is 0 Å². The first-order valence-corrected chi connectivity index (χ1v) is 6.44. The largest absolute Gasteiger partial charge is 0.316 e. The number of aromatic nitrogens is 1. The van der Waals surface area contributed by atoms with Gasteiger partial charge in [-0.3, -0.25) is 9.59 Å². The van der Waals surface area contributed by atoms with Crippen LogP contribution in [0.4, 0.5) is 5.13 Å². The zero-order valence-electron chi connectivity index (χ0n) is 9.82. The molecule has 1 saturated heterocycles. The van der Waals surface area contributed by atoms with E-state index in [0.29, 0.717) is 23.3 Å². The molecule has 0 radical (unpaired) electrons. The molecule has 0 spiro atoms. The molecule has 2 rings (SSSR count). The van der Waals surface area contributed by atoms with Crippen molar-refractivity contribution in [2.45, 2.75) is 13.8 Å². The molecule has 0 aromatic carbocycles. The minimum Gasteiger partial charge on any atom is -0.316 e. The van der Waals surface area contributed by atoms with E-state index in [1.54, 1.807) is 5.38 Å². The molecule has 2 unspecified atom stereocenters. The van der Waals surface area contributed by atoms with Gasteiger partial charge in [0, 0.05) is 18.8 Å². The molecule has 5 nitrogen and oxygen atoms in total. The molecule has 92 valence electrons. The number of ketones is 1. The predicted molar refractivity (Wildman–Crippen MR) is 66.3 cm³/mol. The quantitative estimate of drug-likeness (QED) is 0.792. The minimum absolute atomic E-state index is 0.0142. The van der Waals surface area contributed by atoms with E-state index in [1.807, 2.05) is 6.92 Å². The van der Waals surface area contributed by atoms with Crippen molar-refractivity contribution in [2.24, 2.45) is 11.8 Å². The summed E-state index contributed by atoms with van der Waals surface area (Å²) < 4.78 is 0. The molecule has 1 aliphatic rings. The van der Waals surface area contributed by atoms with E-state index in [2.05, 4.69) is 15.6 Å². The lowest BCUT2D eigenvalue weighted by molar-refractivity contribution is -0.120. The maximum absolute atomic E-state index is 11.9. The number of nitrogens with zero attached hydrogens (tertiary/aromatic N) is 1. The van der Waals surface area contributed by atoms with Gasteiger partial charge in [-0.2, -0.15) is 0 Å². The van der Waals surface area contributed by atoms with E-state index >= 15 is 0 Å². The lowest BCUT2D eigenvalue weighted by atomic mass is 9.97. The van der Waals surface area contributed by atoms with Crippen molar-refractivity contribution >= 4 is 28.2 Å². The average molecular weight is 253 g/mol. The lowest BCUT2D eigenvalue weighted by Crippen LogP contribution is -2.27. The van der Waals surface area contributed by atoms with Gasteiger partial charge in [-0.1, -0.05) is 6.92 Å². The van der Waals surface area contributed by atoms with Crippen LogP contribution >= 0.6 is 11.3 Å². The third-order valence-electron chi connectivity index (χ3n) is 2.95. The number of nitrogens with one attached hydrogen (secondary N) is 2. The van der Waals surface area contributed by atoms with Crippen LogP contribution in [0.5, 0.6) is 0 Å². The third-order valence-corrected chi connectivity index (χ3v) is 3.71. The molecule has 1 amide bonds. The maximum atomic E-state index is 11.9. The Bertz CT molecular complexity index is 444. The number of anilines is 1. The van der Waals surface area contributed by atoms with E-state index in [0.717, 1.165) is 6.54 Å². The monoisotopic (exact) mass is 253 g/mol. The average Bonchev–Trinajstić information content (AvgIpc) is 2.86. The molecule has 0 bridgehead atoms. The van der Waals surface area contributed by atoms with Crippen LogP contribution in [-0.2, 0) is 4.79 Å². The van der Waals surface area contributed by atoms with Crippen molar-refractivity contribution in [3.05, 3.63) is 11.1 Å². The summed E-state index contributed by atoms with van der Waals surface area (Å²) in [6.07, 6.45) is 0. The van der Waals surface area contributed by atoms with Crippen LogP contribution in [0, 0.1) is 11.8 Å². The second kappa shape index (κ2) is 4.93. The van der Waals surface area contributed by atoms with Crippen LogP contribution in [0.15, 0.2) is 5.38 Å². The topological polar surface area (TPSA) is 71.1 Å². The molecule has 2 atom stereocenters. The second-order valence-electron chi connectivity index (χ2n) is 4.33. The van der Waals surface area contributed by atoms with E-state index in [-0.39, 0.29) is 17.6 Å².